The highest BCUT2D eigenvalue weighted by molar-refractivity contribution is 5.92. The highest BCUT2D eigenvalue weighted by Gasteiger charge is 2.35. The van der Waals surface area contributed by atoms with Crippen molar-refractivity contribution in [2.45, 2.75) is 31.5 Å². The monoisotopic (exact) mass is 356 g/mol. The zero-order valence-electron chi connectivity index (χ0n) is 15.0. The molecule has 0 atom stereocenters. The van der Waals surface area contributed by atoms with Crippen LogP contribution < -0.4 is 4.74 Å². The molecule has 0 N–H and O–H groups in total. The number of hydrogen-bond acceptors (Lipinski definition) is 5. The molecule has 0 radical (unpaired) electrons. The van der Waals surface area contributed by atoms with E-state index in [-0.39, 0.29) is 18.1 Å². The largest absolute Gasteiger partial charge is 0.486 e. The smallest absolute Gasteiger partial charge is 0.276 e. The maximum Gasteiger partial charge on any atom is 0.276 e. The first-order chi connectivity index (χ1) is 12.7. The fourth-order valence-corrected chi connectivity index (χ4v) is 3.19. The topological polar surface area (TPSA) is 64.8 Å². The Morgan fingerprint density at radius 1 is 1.35 bits per heavy atom. The van der Waals surface area contributed by atoms with Gasteiger partial charge in [0.1, 0.15) is 12.4 Å². The van der Waals surface area contributed by atoms with Crippen LogP contribution in [0.25, 0.3) is 0 Å². The predicted molar refractivity (Wildman–Crippen MR) is 97.0 cm³/mol. The highest BCUT2D eigenvalue weighted by Crippen LogP contribution is 2.30. The van der Waals surface area contributed by atoms with Gasteiger partial charge in [-0.05, 0) is 31.4 Å². The number of rotatable bonds is 7. The highest BCUT2D eigenvalue weighted by atomic mass is 16.5. The zero-order chi connectivity index (χ0) is 18.4. The minimum absolute atomic E-state index is 0.122. The summed E-state index contributed by atoms with van der Waals surface area (Å²) in [6, 6.07) is 11.1. The van der Waals surface area contributed by atoms with E-state index in [1.807, 2.05) is 36.4 Å². The maximum absolute atomic E-state index is 12.6. The minimum Gasteiger partial charge on any atom is -0.486 e. The van der Waals surface area contributed by atoms with Crippen LogP contribution in [0.4, 0.5) is 0 Å². The molecule has 1 aliphatic rings. The van der Waals surface area contributed by atoms with E-state index in [1.165, 1.54) is 0 Å². The van der Waals surface area contributed by atoms with Crippen molar-refractivity contribution in [3.05, 3.63) is 60.5 Å². The standard InChI is InChI=1S/C20H24N2O4/c1-3-9-20(24-2)10-12-22(13-11-20)19(23)18-14-17(26-21-18)15-25-16-7-5-4-6-8-16/h3-8,14H,1,9-13,15H2,2H3. The van der Waals surface area contributed by atoms with Gasteiger partial charge in [0.05, 0.1) is 5.60 Å². The number of carbonyl (C=O) groups is 1. The Kier molecular flexibility index (Phi) is 5.73. The number of ether oxygens (including phenoxy) is 2. The summed E-state index contributed by atoms with van der Waals surface area (Å²) in [5.41, 5.74) is 0.0992. The van der Waals surface area contributed by atoms with E-state index < -0.39 is 0 Å². The Balaban J connectivity index is 1.56. The quantitative estimate of drug-likeness (QED) is 0.711. The third-order valence-corrected chi connectivity index (χ3v) is 4.81. The van der Waals surface area contributed by atoms with Gasteiger partial charge in [-0.2, -0.15) is 0 Å². The van der Waals surface area contributed by atoms with Crippen molar-refractivity contribution in [1.82, 2.24) is 10.1 Å². The number of methoxy groups -OCH3 is 1. The Labute approximate surface area is 153 Å². The normalized spacial score (nSPS) is 16.3. The summed E-state index contributed by atoms with van der Waals surface area (Å²) in [6.07, 6.45) is 4.22. The fourth-order valence-electron chi connectivity index (χ4n) is 3.19. The van der Waals surface area contributed by atoms with Crippen molar-refractivity contribution in [2.24, 2.45) is 0 Å². The molecule has 6 heteroatoms. The second-order valence-corrected chi connectivity index (χ2v) is 6.45. The second kappa shape index (κ2) is 8.19. The van der Waals surface area contributed by atoms with Gasteiger partial charge in [0.2, 0.25) is 0 Å². The number of para-hydroxylation sites is 1. The molecule has 0 aliphatic carbocycles. The van der Waals surface area contributed by atoms with Gasteiger partial charge in [0.15, 0.2) is 11.5 Å². The second-order valence-electron chi connectivity index (χ2n) is 6.45. The van der Waals surface area contributed by atoms with Gasteiger partial charge in [-0.1, -0.05) is 29.4 Å². The van der Waals surface area contributed by atoms with Crippen molar-refractivity contribution in [2.75, 3.05) is 20.2 Å². The first-order valence-electron chi connectivity index (χ1n) is 8.74. The van der Waals surface area contributed by atoms with E-state index in [1.54, 1.807) is 18.1 Å². The molecule has 6 nitrogen and oxygen atoms in total. The summed E-state index contributed by atoms with van der Waals surface area (Å²) in [5.74, 6) is 1.14. The molecular weight excluding hydrogens is 332 g/mol. The Morgan fingerprint density at radius 2 is 2.08 bits per heavy atom. The SMILES string of the molecule is C=CCC1(OC)CCN(C(=O)c2cc(COc3ccccc3)on2)CC1. The van der Waals surface area contributed by atoms with Crippen molar-refractivity contribution in [3.63, 3.8) is 0 Å². The zero-order valence-corrected chi connectivity index (χ0v) is 15.0. The number of nitrogens with zero attached hydrogens (tertiary/aromatic N) is 2. The van der Waals surface area contributed by atoms with Crippen LogP contribution in [0.3, 0.4) is 0 Å². The maximum atomic E-state index is 12.6. The Morgan fingerprint density at radius 3 is 2.73 bits per heavy atom. The molecule has 138 valence electrons. The van der Waals surface area contributed by atoms with Gasteiger partial charge in [-0.25, -0.2) is 0 Å². The lowest BCUT2D eigenvalue weighted by Gasteiger charge is -2.40. The molecule has 2 heterocycles. The molecule has 1 aromatic heterocycles. The molecule has 0 spiro atoms. The van der Waals surface area contributed by atoms with E-state index >= 15 is 0 Å². The van der Waals surface area contributed by atoms with E-state index in [2.05, 4.69) is 11.7 Å². The summed E-state index contributed by atoms with van der Waals surface area (Å²) in [6.45, 7) is 5.29. The third-order valence-electron chi connectivity index (χ3n) is 4.81. The Bertz CT molecular complexity index is 733. The van der Waals surface area contributed by atoms with Crippen LogP contribution in [0.1, 0.15) is 35.5 Å². The number of piperidine rings is 1. The van der Waals surface area contributed by atoms with Crippen molar-refractivity contribution in [1.29, 1.82) is 0 Å². The Hall–Kier alpha value is -2.60. The van der Waals surface area contributed by atoms with Crippen molar-refractivity contribution < 1.29 is 18.8 Å². The van der Waals surface area contributed by atoms with Crippen molar-refractivity contribution in [3.8, 4) is 5.75 Å². The van der Waals surface area contributed by atoms with Gasteiger partial charge in [0.25, 0.3) is 5.91 Å². The fraction of sp³-hybridized carbons (Fsp3) is 0.400. The van der Waals surface area contributed by atoms with Crippen LogP contribution in [0.5, 0.6) is 5.75 Å². The van der Waals surface area contributed by atoms with Crippen LogP contribution in [-0.4, -0.2) is 41.8 Å². The number of aromatic nitrogens is 1. The molecule has 0 saturated carbocycles. The first kappa shape index (κ1) is 18.2. The number of hydrogen-bond donors (Lipinski definition) is 0. The molecule has 26 heavy (non-hydrogen) atoms. The summed E-state index contributed by atoms with van der Waals surface area (Å²) in [5, 5.41) is 3.90. The van der Waals surface area contributed by atoms with E-state index in [9.17, 15) is 4.79 Å². The molecule has 0 bridgehead atoms. The molecule has 2 aromatic rings. The number of benzene rings is 1. The van der Waals surface area contributed by atoms with Crippen LogP contribution >= 0.6 is 0 Å². The lowest BCUT2D eigenvalue weighted by atomic mass is 9.88. The van der Waals surface area contributed by atoms with Crippen LogP contribution in [0.15, 0.2) is 53.6 Å². The van der Waals surface area contributed by atoms with Crippen LogP contribution in [-0.2, 0) is 11.3 Å². The molecule has 3 rings (SSSR count). The lowest BCUT2D eigenvalue weighted by molar-refractivity contribution is -0.0498. The molecule has 0 unspecified atom stereocenters. The average molecular weight is 356 g/mol. The van der Waals surface area contributed by atoms with Gasteiger partial charge in [-0.3, -0.25) is 4.79 Å². The first-order valence-corrected chi connectivity index (χ1v) is 8.74. The van der Waals surface area contributed by atoms with Crippen molar-refractivity contribution >= 4 is 5.91 Å². The molecule has 1 aromatic carbocycles. The molecule has 1 amide bonds. The van der Waals surface area contributed by atoms with E-state index in [4.69, 9.17) is 14.0 Å². The molecule has 1 saturated heterocycles. The average Bonchev–Trinajstić information content (AvgIpc) is 3.16. The van der Waals surface area contributed by atoms with Gasteiger partial charge >= 0.3 is 0 Å². The van der Waals surface area contributed by atoms with Crippen LogP contribution in [0, 0.1) is 0 Å². The summed E-state index contributed by atoms with van der Waals surface area (Å²) in [7, 11) is 1.72. The summed E-state index contributed by atoms with van der Waals surface area (Å²) < 4.78 is 16.5. The lowest BCUT2D eigenvalue weighted by Crippen LogP contribution is -2.47. The summed E-state index contributed by atoms with van der Waals surface area (Å²) >= 11 is 0. The minimum atomic E-state index is -0.211. The molecule has 1 aliphatic heterocycles. The predicted octanol–water partition coefficient (Wildman–Crippen LogP) is 3.45. The number of likely N-dealkylation sites (tertiary alicyclic amines) is 1. The van der Waals surface area contributed by atoms with Gasteiger partial charge < -0.3 is 18.9 Å². The van der Waals surface area contributed by atoms with Gasteiger partial charge in [0, 0.05) is 26.3 Å². The third kappa shape index (κ3) is 4.14. The summed E-state index contributed by atoms with van der Waals surface area (Å²) in [4.78, 5) is 14.4. The molecular formula is C20H24N2O4. The van der Waals surface area contributed by atoms with Crippen LogP contribution in [0.2, 0.25) is 0 Å². The van der Waals surface area contributed by atoms with E-state index in [0.717, 1.165) is 25.0 Å². The number of amides is 1. The molecule has 1 fully saturated rings. The number of carbonyl (C=O) groups excluding carboxylic acids is 1. The van der Waals surface area contributed by atoms with E-state index in [0.29, 0.717) is 24.5 Å². The van der Waals surface area contributed by atoms with Gasteiger partial charge in [-0.15, -0.1) is 6.58 Å².